The molecule has 1 fully saturated rings. The van der Waals surface area contributed by atoms with Crippen LogP contribution in [0.25, 0.3) is 0 Å². The molecule has 1 aliphatic heterocycles. The van der Waals surface area contributed by atoms with Crippen molar-refractivity contribution in [3.05, 3.63) is 82.1 Å². The summed E-state index contributed by atoms with van der Waals surface area (Å²) >= 11 is 12.2. The fraction of sp³-hybridized carbons (Fsp3) is 0.273. The number of carbonyl (C=O) groups is 1. The minimum absolute atomic E-state index is 0.0658. The van der Waals surface area contributed by atoms with Crippen LogP contribution in [0.3, 0.4) is 0 Å². The van der Waals surface area contributed by atoms with Gasteiger partial charge in [-0.25, -0.2) is 4.68 Å². The molecule has 0 N–H and O–H groups in total. The van der Waals surface area contributed by atoms with Crippen LogP contribution in [0.15, 0.2) is 60.8 Å². The lowest BCUT2D eigenvalue weighted by Crippen LogP contribution is -2.48. The third-order valence-corrected chi connectivity index (χ3v) is 5.62. The topological polar surface area (TPSA) is 50.6 Å². The van der Waals surface area contributed by atoms with Gasteiger partial charge in [-0.2, -0.15) is 5.10 Å². The molecule has 0 unspecified atom stereocenters. The second-order valence-electron chi connectivity index (χ2n) is 7.12. The predicted molar refractivity (Wildman–Crippen MR) is 117 cm³/mol. The maximum atomic E-state index is 12.8. The Morgan fingerprint density at radius 1 is 0.933 bits per heavy atom. The summed E-state index contributed by atoms with van der Waals surface area (Å²) in [4.78, 5) is 17.0. The summed E-state index contributed by atoms with van der Waals surface area (Å²) < 4.78 is 7.22. The van der Waals surface area contributed by atoms with Gasteiger partial charge in [0, 0.05) is 38.9 Å². The van der Waals surface area contributed by atoms with E-state index in [1.165, 1.54) is 5.56 Å². The van der Waals surface area contributed by atoms with E-state index in [2.05, 4.69) is 34.3 Å². The summed E-state index contributed by atoms with van der Waals surface area (Å²) in [6.07, 6.45) is 1.71. The number of aromatic nitrogens is 2. The average molecular weight is 445 g/mol. The van der Waals surface area contributed by atoms with E-state index in [1.54, 1.807) is 35.1 Å². The number of rotatable bonds is 6. The molecule has 6 nitrogen and oxygen atoms in total. The molecule has 4 rings (SSSR count). The zero-order valence-electron chi connectivity index (χ0n) is 16.4. The number of amides is 1. The lowest BCUT2D eigenvalue weighted by molar-refractivity contribution is 0.0621. The molecule has 1 aromatic heterocycles. The van der Waals surface area contributed by atoms with Gasteiger partial charge >= 0.3 is 0 Å². The van der Waals surface area contributed by atoms with E-state index in [9.17, 15) is 4.79 Å². The monoisotopic (exact) mass is 444 g/mol. The van der Waals surface area contributed by atoms with Gasteiger partial charge in [0.05, 0.1) is 10.0 Å². The first-order valence-corrected chi connectivity index (χ1v) is 10.5. The van der Waals surface area contributed by atoms with Crippen molar-refractivity contribution in [1.82, 2.24) is 19.6 Å². The molecule has 156 valence electrons. The highest BCUT2D eigenvalue weighted by molar-refractivity contribution is 6.37. The van der Waals surface area contributed by atoms with E-state index in [0.29, 0.717) is 34.6 Å². The number of hydrogen-bond acceptors (Lipinski definition) is 4. The summed E-state index contributed by atoms with van der Waals surface area (Å²) in [5, 5.41) is 5.21. The van der Waals surface area contributed by atoms with Crippen LogP contribution in [0, 0.1) is 0 Å². The highest BCUT2D eigenvalue weighted by Crippen LogP contribution is 2.32. The van der Waals surface area contributed by atoms with E-state index < -0.39 is 0 Å². The first kappa shape index (κ1) is 20.7. The summed E-state index contributed by atoms with van der Waals surface area (Å²) in [5.74, 6) is 0.336. The summed E-state index contributed by atoms with van der Waals surface area (Å²) in [5.41, 5.74) is 1.69. The van der Waals surface area contributed by atoms with Crippen molar-refractivity contribution in [2.45, 2.75) is 13.3 Å². The van der Waals surface area contributed by atoms with E-state index in [1.807, 2.05) is 11.0 Å². The van der Waals surface area contributed by atoms with Crippen molar-refractivity contribution in [2.24, 2.45) is 0 Å². The molecule has 2 aromatic carbocycles. The summed E-state index contributed by atoms with van der Waals surface area (Å²) in [6, 6.07) is 17.2. The van der Waals surface area contributed by atoms with Gasteiger partial charge in [-0.15, -0.1) is 0 Å². The van der Waals surface area contributed by atoms with Crippen molar-refractivity contribution in [3.8, 4) is 5.75 Å². The van der Waals surface area contributed by atoms with Gasteiger partial charge < -0.3 is 9.64 Å². The smallest absolute Gasteiger partial charge is 0.274 e. The fourth-order valence-electron chi connectivity index (χ4n) is 3.41. The molecule has 1 saturated heterocycles. The number of benzene rings is 2. The van der Waals surface area contributed by atoms with Crippen molar-refractivity contribution >= 4 is 29.1 Å². The molecule has 1 amide bonds. The second-order valence-corrected chi connectivity index (χ2v) is 7.93. The Hall–Kier alpha value is -2.54. The van der Waals surface area contributed by atoms with E-state index in [-0.39, 0.29) is 12.6 Å². The number of piperazine rings is 1. The molecular formula is C22H22Cl2N4O2. The van der Waals surface area contributed by atoms with Crippen LogP contribution < -0.4 is 4.74 Å². The van der Waals surface area contributed by atoms with Crippen molar-refractivity contribution in [2.75, 3.05) is 26.2 Å². The maximum Gasteiger partial charge on any atom is 0.274 e. The molecule has 2 heterocycles. The third-order valence-electron chi connectivity index (χ3n) is 5.03. The van der Waals surface area contributed by atoms with Crippen LogP contribution in [0.1, 0.15) is 16.1 Å². The van der Waals surface area contributed by atoms with Gasteiger partial charge in [0.25, 0.3) is 5.91 Å². The lowest BCUT2D eigenvalue weighted by atomic mass is 10.2. The van der Waals surface area contributed by atoms with Gasteiger partial charge in [-0.3, -0.25) is 9.69 Å². The van der Waals surface area contributed by atoms with E-state index >= 15 is 0 Å². The van der Waals surface area contributed by atoms with Gasteiger partial charge in [0.2, 0.25) is 0 Å². The SMILES string of the molecule is O=C(c1ccn(COc2c(Cl)cccc2Cl)n1)N1CCN(Cc2ccccc2)CC1. The minimum Gasteiger partial charge on any atom is -0.468 e. The van der Waals surface area contributed by atoms with Crippen molar-refractivity contribution in [1.29, 1.82) is 0 Å². The van der Waals surface area contributed by atoms with E-state index in [4.69, 9.17) is 27.9 Å². The van der Waals surface area contributed by atoms with Crippen LogP contribution in [0.5, 0.6) is 5.75 Å². The van der Waals surface area contributed by atoms with Crippen LogP contribution >= 0.6 is 23.2 Å². The molecule has 0 aliphatic carbocycles. The Morgan fingerprint density at radius 3 is 2.33 bits per heavy atom. The number of hydrogen-bond donors (Lipinski definition) is 0. The molecule has 3 aromatic rings. The minimum atomic E-state index is -0.0658. The Balaban J connectivity index is 1.30. The first-order chi connectivity index (χ1) is 14.6. The second kappa shape index (κ2) is 9.51. The van der Waals surface area contributed by atoms with Crippen LogP contribution in [-0.4, -0.2) is 51.7 Å². The highest BCUT2D eigenvalue weighted by atomic mass is 35.5. The fourth-order valence-corrected chi connectivity index (χ4v) is 3.92. The Morgan fingerprint density at radius 2 is 1.63 bits per heavy atom. The molecule has 8 heteroatoms. The van der Waals surface area contributed by atoms with Crippen molar-refractivity contribution < 1.29 is 9.53 Å². The van der Waals surface area contributed by atoms with Gasteiger partial charge in [0.1, 0.15) is 0 Å². The number of carbonyl (C=O) groups excluding carboxylic acids is 1. The lowest BCUT2D eigenvalue weighted by Gasteiger charge is -2.34. The maximum absolute atomic E-state index is 12.8. The number of ether oxygens (including phenoxy) is 1. The molecule has 0 atom stereocenters. The molecule has 0 saturated carbocycles. The summed E-state index contributed by atoms with van der Waals surface area (Å²) in [6.45, 7) is 4.07. The zero-order valence-corrected chi connectivity index (χ0v) is 17.9. The Bertz CT molecular complexity index is 981. The zero-order chi connectivity index (χ0) is 20.9. The number of para-hydroxylation sites is 1. The van der Waals surface area contributed by atoms with Crippen molar-refractivity contribution in [3.63, 3.8) is 0 Å². The average Bonchev–Trinajstić information content (AvgIpc) is 3.23. The van der Waals surface area contributed by atoms with Gasteiger partial charge in [-0.1, -0.05) is 59.6 Å². The van der Waals surface area contributed by atoms with Crippen LogP contribution in [-0.2, 0) is 13.3 Å². The highest BCUT2D eigenvalue weighted by Gasteiger charge is 2.23. The Labute approximate surface area is 185 Å². The first-order valence-electron chi connectivity index (χ1n) is 9.76. The standard InChI is InChI=1S/C22H22Cl2N4O2/c23-18-7-4-8-19(24)21(18)30-16-28-10-9-20(25-28)22(29)27-13-11-26(12-14-27)15-17-5-2-1-3-6-17/h1-10H,11-16H2. The van der Waals surface area contributed by atoms with Crippen LogP contribution in [0.2, 0.25) is 10.0 Å². The van der Waals surface area contributed by atoms with E-state index in [0.717, 1.165) is 19.6 Å². The van der Waals surface area contributed by atoms with Crippen LogP contribution in [0.4, 0.5) is 0 Å². The molecule has 0 spiro atoms. The Kier molecular flexibility index (Phi) is 6.57. The number of nitrogens with zero attached hydrogens (tertiary/aromatic N) is 4. The molecule has 0 bridgehead atoms. The molecule has 0 radical (unpaired) electrons. The molecular weight excluding hydrogens is 423 g/mol. The molecule has 1 aliphatic rings. The quantitative estimate of drug-likeness (QED) is 0.571. The third kappa shape index (κ3) is 4.95. The van der Waals surface area contributed by atoms with Gasteiger partial charge in [-0.05, 0) is 23.8 Å². The number of halogens is 2. The molecule has 30 heavy (non-hydrogen) atoms. The normalized spacial score (nSPS) is 14.7. The summed E-state index contributed by atoms with van der Waals surface area (Å²) in [7, 11) is 0. The largest absolute Gasteiger partial charge is 0.468 e. The predicted octanol–water partition coefficient (Wildman–Crippen LogP) is 4.18. The van der Waals surface area contributed by atoms with Gasteiger partial charge in [0.15, 0.2) is 18.2 Å².